The van der Waals surface area contributed by atoms with E-state index in [-0.39, 0.29) is 34.5 Å². The molecule has 0 radical (unpaired) electrons. The summed E-state index contributed by atoms with van der Waals surface area (Å²) < 4.78 is 32.4. The van der Waals surface area contributed by atoms with Crippen molar-refractivity contribution >= 4 is 22.4 Å². The Morgan fingerprint density at radius 3 is 2.61 bits per heavy atom. The number of nitriles is 1. The molecule has 6 nitrogen and oxygen atoms in total. The maximum atomic E-state index is 12.9. The number of sulfonamides is 1. The summed E-state index contributed by atoms with van der Waals surface area (Å²) >= 11 is 0. The Labute approximate surface area is 143 Å². The summed E-state index contributed by atoms with van der Waals surface area (Å²) in [6.45, 7) is 4.68. The normalized spacial score (nSPS) is 21.1. The average Bonchev–Trinajstić information content (AvgIpc) is 2.48. The minimum absolute atomic E-state index is 0. The molecule has 128 valence electrons. The lowest BCUT2D eigenvalue weighted by Crippen LogP contribution is -2.53. The molecule has 8 heteroatoms. The molecule has 23 heavy (non-hydrogen) atoms. The number of hydrogen-bond donors (Lipinski definition) is 1. The minimum Gasteiger partial charge on any atom is -0.495 e. The largest absolute Gasteiger partial charge is 0.495 e. The van der Waals surface area contributed by atoms with Crippen LogP contribution in [0.2, 0.25) is 0 Å². The Morgan fingerprint density at radius 2 is 2.09 bits per heavy atom. The SMILES string of the molecule is COc1cc(C#N)ccc1S(=O)(=O)N1CCC(N)C(C)(C)C1.Cl. The molecule has 1 aromatic rings. The Kier molecular flexibility index (Phi) is 6.05. The predicted octanol–water partition coefficient (Wildman–Crippen LogP) is 1.74. The second-order valence-corrected chi connectivity index (χ2v) is 8.11. The summed E-state index contributed by atoms with van der Waals surface area (Å²) in [5.74, 6) is 0.187. The van der Waals surface area contributed by atoms with Crippen molar-refractivity contribution < 1.29 is 13.2 Å². The van der Waals surface area contributed by atoms with Gasteiger partial charge in [-0.15, -0.1) is 12.4 Å². The number of ether oxygens (including phenoxy) is 1. The van der Waals surface area contributed by atoms with Crippen LogP contribution in [0.5, 0.6) is 5.75 Å². The van der Waals surface area contributed by atoms with Crippen LogP contribution in [0, 0.1) is 16.7 Å². The molecular formula is C15H22ClN3O3S. The first-order valence-electron chi connectivity index (χ1n) is 7.06. The molecule has 1 heterocycles. The van der Waals surface area contributed by atoms with Crippen molar-refractivity contribution in [3.05, 3.63) is 23.8 Å². The smallest absolute Gasteiger partial charge is 0.246 e. The minimum atomic E-state index is -3.68. The zero-order valence-corrected chi connectivity index (χ0v) is 15.1. The standard InChI is InChI=1S/C15H21N3O3S.ClH/c1-15(2)10-18(7-6-14(15)17)22(19,20)13-5-4-11(9-16)8-12(13)21-3;/h4-5,8,14H,6-7,10,17H2,1-3H3;1H. The molecule has 0 aromatic heterocycles. The van der Waals surface area contributed by atoms with Gasteiger partial charge in [0.1, 0.15) is 10.6 Å². The fourth-order valence-corrected chi connectivity index (χ4v) is 4.38. The van der Waals surface area contributed by atoms with Crippen molar-refractivity contribution in [1.82, 2.24) is 4.31 Å². The molecule has 0 bridgehead atoms. The van der Waals surface area contributed by atoms with E-state index >= 15 is 0 Å². The lowest BCUT2D eigenvalue weighted by molar-refractivity contribution is 0.155. The van der Waals surface area contributed by atoms with E-state index in [1.807, 2.05) is 19.9 Å². The first-order chi connectivity index (χ1) is 10.2. The Morgan fingerprint density at radius 1 is 1.43 bits per heavy atom. The van der Waals surface area contributed by atoms with Crippen LogP contribution in [0.15, 0.2) is 23.1 Å². The maximum Gasteiger partial charge on any atom is 0.246 e. The summed E-state index contributed by atoms with van der Waals surface area (Å²) in [5.41, 5.74) is 6.14. The molecule has 0 saturated carbocycles. The fraction of sp³-hybridized carbons (Fsp3) is 0.533. The number of benzene rings is 1. The van der Waals surface area contributed by atoms with Crippen molar-refractivity contribution in [1.29, 1.82) is 5.26 Å². The fourth-order valence-electron chi connectivity index (χ4n) is 2.62. The highest BCUT2D eigenvalue weighted by atomic mass is 35.5. The van der Waals surface area contributed by atoms with Crippen LogP contribution in [0.4, 0.5) is 0 Å². The van der Waals surface area contributed by atoms with Gasteiger partial charge in [-0.3, -0.25) is 0 Å². The molecule has 0 spiro atoms. The third-order valence-corrected chi connectivity index (χ3v) is 6.07. The number of methoxy groups -OCH3 is 1. The van der Waals surface area contributed by atoms with Crippen molar-refractivity contribution in [2.45, 2.75) is 31.2 Å². The second-order valence-electron chi connectivity index (χ2n) is 6.20. The van der Waals surface area contributed by atoms with Crippen molar-refractivity contribution in [2.75, 3.05) is 20.2 Å². The number of nitrogens with two attached hydrogens (primary N) is 1. The molecule has 0 amide bonds. The lowest BCUT2D eigenvalue weighted by Gasteiger charge is -2.41. The maximum absolute atomic E-state index is 12.9. The molecule has 1 atom stereocenters. The number of rotatable bonds is 3. The molecule has 1 unspecified atom stereocenters. The number of piperidine rings is 1. The van der Waals surface area contributed by atoms with Gasteiger partial charge in [-0.2, -0.15) is 9.57 Å². The van der Waals surface area contributed by atoms with Crippen molar-refractivity contribution in [3.63, 3.8) is 0 Å². The van der Waals surface area contributed by atoms with Crippen LogP contribution >= 0.6 is 12.4 Å². The van der Waals surface area contributed by atoms with Crippen molar-refractivity contribution in [2.24, 2.45) is 11.1 Å². The topological polar surface area (TPSA) is 96.4 Å². The van der Waals surface area contributed by atoms with Gasteiger partial charge in [-0.05, 0) is 30.0 Å². The Bertz CT molecular complexity index is 713. The first-order valence-corrected chi connectivity index (χ1v) is 8.50. The third-order valence-electron chi connectivity index (χ3n) is 4.19. The summed E-state index contributed by atoms with van der Waals surface area (Å²) in [6, 6.07) is 6.29. The van der Waals surface area contributed by atoms with Gasteiger partial charge in [-0.25, -0.2) is 8.42 Å². The van der Waals surface area contributed by atoms with Gasteiger partial charge in [0, 0.05) is 19.1 Å². The van der Waals surface area contributed by atoms with Crippen LogP contribution in [0.1, 0.15) is 25.8 Å². The van der Waals surface area contributed by atoms with E-state index in [1.165, 1.54) is 29.6 Å². The van der Waals surface area contributed by atoms with Gasteiger partial charge in [0.05, 0.1) is 18.7 Å². The van der Waals surface area contributed by atoms with Crippen LogP contribution in [0.3, 0.4) is 0 Å². The zero-order chi connectivity index (χ0) is 16.5. The quantitative estimate of drug-likeness (QED) is 0.886. The van der Waals surface area contributed by atoms with Gasteiger partial charge < -0.3 is 10.5 Å². The van der Waals surface area contributed by atoms with Crippen LogP contribution in [0.25, 0.3) is 0 Å². The van der Waals surface area contributed by atoms with Crippen LogP contribution < -0.4 is 10.5 Å². The summed E-state index contributed by atoms with van der Waals surface area (Å²) in [5, 5.41) is 8.92. The number of halogens is 1. The Hall–Kier alpha value is -1.33. The van der Waals surface area contributed by atoms with E-state index in [9.17, 15) is 8.42 Å². The Balaban J connectivity index is 0.00000264. The average molecular weight is 360 g/mol. The first kappa shape index (κ1) is 19.7. The summed E-state index contributed by atoms with van der Waals surface area (Å²) in [4.78, 5) is 0.0836. The van der Waals surface area contributed by atoms with Gasteiger partial charge in [0.25, 0.3) is 0 Å². The monoisotopic (exact) mass is 359 g/mol. The van der Waals surface area contributed by atoms with E-state index in [0.29, 0.717) is 25.1 Å². The van der Waals surface area contributed by atoms with E-state index in [1.54, 1.807) is 0 Å². The molecule has 1 aliphatic heterocycles. The van der Waals surface area contributed by atoms with Crippen molar-refractivity contribution in [3.8, 4) is 11.8 Å². The van der Waals surface area contributed by atoms with Crippen LogP contribution in [-0.4, -0.2) is 39.0 Å². The van der Waals surface area contributed by atoms with Gasteiger partial charge in [-0.1, -0.05) is 13.8 Å². The molecule has 0 aliphatic carbocycles. The second kappa shape index (κ2) is 7.05. The third kappa shape index (κ3) is 3.78. The molecule has 1 fully saturated rings. The molecule has 1 aliphatic rings. The van der Waals surface area contributed by atoms with E-state index in [2.05, 4.69) is 0 Å². The lowest BCUT2D eigenvalue weighted by atomic mass is 9.81. The summed E-state index contributed by atoms with van der Waals surface area (Å²) in [6.07, 6.45) is 0.616. The summed E-state index contributed by atoms with van der Waals surface area (Å²) in [7, 11) is -2.29. The molecule has 2 rings (SSSR count). The zero-order valence-electron chi connectivity index (χ0n) is 13.4. The number of hydrogen-bond acceptors (Lipinski definition) is 5. The van der Waals surface area contributed by atoms with E-state index in [4.69, 9.17) is 15.7 Å². The predicted molar refractivity (Wildman–Crippen MR) is 90.1 cm³/mol. The van der Waals surface area contributed by atoms with E-state index < -0.39 is 10.0 Å². The molecule has 1 saturated heterocycles. The molecule has 1 aromatic carbocycles. The van der Waals surface area contributed by atoms with Gasteiger partial charge in [0.2, 0.25) is 10.0 Å². The van der Waals surface area contributed by atoms with Gasteiger partial charge in [0.15, 0.2) is 0 Å². The molecule has 2 N–H and O–H groups in total. The molecular weight excluding hydrogens is 338 g/mol. The van der Waals surface area contributed by atoms with Crippen LogP contribution in [-0.2, 0) is 10.0 Å². The highest BCUT2D eigenvalue weighted by Crippen LogP contribution is 2.34. The van der Waals surface area contributed by atoms with Gasteiger partial charge >= 0.3 is 0 Å². The highest BCUT2D eigenvalue weighted by molar-refractivity contribution is 7.89. The highest BCUT2D eigenvalue weighted by Gasteiger charge is 2.39. The number of nitrogens with zero attached hydrogens (tertiary/aromatic N) is 2. The van der Waals surface area contributed by atoms with E-state index in [0.717, 1.165) is 0 Å².